The SMILES string of the molecule is CC(C)c1ccc(NC(=O)N2CCC3(CC2)C(=O)N(CC(=O)NC(C)c2ccccc2)CN3c2ccccc2)cc1. The van der Waals surface area contributed by atoms with Gasteiger partial charge in [-0.1, -0.05) is 74.5 Å². The van der Waals surface area contributed by atoms with Crippen LogP contribution in [-0.4, -0.2) is 59.5 Å². The van der Waals surface area contributed by atoms with Crippen molar-refractivity contribution in [2.24, 2.45) is 0 Å². The van der Waals surface area contributed by atoms with Crippen molar-refractivity contribution in [3.63, 3.8) is 0 Å². The van der Waals surface area contributed by atoms with E-state index < -0.39 is 5.54 Å². The lowest BCUT2D eigenvalue weighted by Gasteiger charge is -2.43. The number of para-hydroxylation sites is 1. The van der Waals surface area contributed by atoms with Crippen molar-refractivity contribution in [1.29, 1.82) is 0 Å². The fourth-order valence-corrected chi connectivity index (χ4v) is 5.84. The Morgan fingerprint density at radius 1 is 0.829 bits per heavy atom. The van der Waals surface area contributed by atoms with Crippen LogP contribution in [0.25, 0.3) is 0 Å². The molecule has 3 aromatic carbocycles. The Hall–Kier alpha value is -4.33. The number of nitrogens with one attached hydrogen (secondary N) is 2. The Balaban J connectivity index is 1.26. The first kappa shape index (κ1) is 28.2. The van der Waals surface area contributed by atoms with Crippen molar-refractivity contribution in [3.05, 3.63) is 96.1 Å². The molecule has 4 amide bonds. The molecule has 8 nitrogen and oxygen atoms in total. The summed E-state index contributed by atoms with van der Waals surface area (Å²) >= 11 is 0. The summed E-state index contributed by atoms with van der Waals surface area (Å²) < 4.78 is 0. The van der Waals surface area contributed by atoms with Gasteiger partial charge in [0.15, 0.2) is 0 Å². The second kappa shape index (κ2) is 12.0. The van der Waals surface area contributed by atoms with E-state index in [9.17, 15) is 14.4 Å². The largest absolute Gasteiger partial charge is 0.348 e. The van der Waals surface area contributed by atoms with Gasteiger partial charge in [-0.2, -0.15) is 0 Å². The number of anilines is 2. The van der Waals surface area contributed by atoms with E-state index in [1.54, 1.807) is 9.80 Å². The number of hydrogen-bond donors (Lipinski definition) is 2. The van der Waals surface area contributed by atoms with Gasteiger partial charge < -0.3 is 25.3 Å². The zero-order chi connectivity index (χ0) is 29.0. The smallest absolute Gasteiger partial charge is 0.321 e. The van der Waals surface area contributed by atoms with E-state index in [-0.39, 0.29) is 30.4 Å². The quantitative estimate of drug-likeness (QED) is 0.413. The van der Waals surface area contributed by atoms with E-state index in [1.165, 1.54) is 5.56 Å². The number of benzene rings is 3. The average molecular weight is 554 g/mol. The summed E-state index contributed by atoms with van der Waals surface area (Å²) in [5, 5.41) is 6.03. The van der Waals surface area contributed by atoms with E-state index in [4.69, 9.17) is 0 Å². The highest BCUT2D eigenvalue weighted by molar-refractivity contribution is 5.97. The number of amides is 4. The molecule has 5 rings (SSSR count). The van der Waals surface area contributed by atoms with Crippen LogP contribution in [0.3, 0.4) is 0 Å². The standard InChI is InChI=1S/C33H39N5O3/c1-24(2)26-14-16-28(17-15-26)35-32(41)36-20-18-33(19-21-36)31(40)37(23-38(33)29-12-8-5-9-13-29)22-30(39)34-25(3)27-10-6-4-7-11-27/h4-17,24-25H,18-23H2,1-3H3,(H,34,39)(H,35,41). The monoisotopic (exact) mass is 553 g/mol. The maximum absolute atomic E-state index is 14.0. The summed E-state index contributed by atoms with van der Waals surface area (Å²) in [6.07, 6.45) is 0.970. The number of carbonyl (C=O) groups is 3. The molecule has 1 spiro atoms. The molecule has 0 radical (unpaired) electrons. The van der Waals surface area contributed by atoms with Crippen molar-refractivity contribution in [2.45, 2.75) is 51.1 Å². The molecule has 2 heterocycles. The highest BCUT2D eigenvalue weighted by Gasteiger charge is 2.54. The predicted molar refractivity (Wildman–Crippen MR) is 162 cm³/mol. The molecule has 0 aliphatic carbocycles. The summed E-state index contributed by atoms with van der Waals surface area (Å²) in [4.78, 5) is 45.7. The molecule has 8 heteroatoms. The summed E-state index contributed by atoms with van der Waals surface area (Å²) in [7, 11) is 0. The minimum absolute atomic E-state index is 0.0162. The van der Waals surface area contributed by atoms with Gasteiger partial charge in [-0.3, -0.25) is 9.59 Å². The fourth-order valence-electron chi connectivity index (χ4n) is 5.84. The van der Waals surface area contributed by atoms with Gasteiger partial charge >= 0.3 is 6.03 Å². The van der Waals surface area contributed by atoms with Gasteiger partial charge in [-0.05, 0) is 61.1 Å². The Kier molecular flexibility index (Phi) is 8.28. The zero-order valence-corrected chi connectivity index (χ0v) is 24.0. The Labute approximate surface area is 242 Å². The van der Waals surface area contributed by atoms with Gasteiger partial charge in [0.1, 0.15) is 12.1 Å². The lowest BCUT2D eigenvalue weighted by Crippen LogP contribution is -2.58. The first-order valence-electron chi connectivity index (χ1n) is 14.4. The molecule has 2 N–H and O–H groups in total. The van der Waals surface area contributed by atoms with Crippen LogP contribution in [0.15, 0.2) is 84.9 Å². The van der Waals surface area contributed by atoms with Gasteiger partial charge in [-0.25, -0.2) is 4.79 Å². The molecule has 214 valence electrons. The molecule has 0 saturated carbocycles. The third kappa shape index (κ3) is 6.06. The molecule has 2 aliphatic rings. The Morgan fingerprint density at radius 3 is 2.05 bits per heavy atom. The van der Waals surface area contributed by atoms with Crippen molar-refractivity contribution in [3.8, 4) is 0 Å². The highest BCUT2D eigenvalue weighted by atomic mass is 16.2. The van der Waals surface area contributed by atoms with Crippen LogP contribution >= 0.6 is 0 Å². The topological polar surface area (TPSA) is 85.0 Å². The summed E-state index contributed by atoms with van der Waals surface area (Å²) in [6.45, 7) is 7.41. The minimum Gasteiger partial charge on any atom is -0.348 e. The lowest BCUT2D eigenvalue weighted by molar-refractivity contribution is -0.137. The van der Waals surface area contributed by atoms with Crippen LogP contribution in [0.4, 0.5) is 16.2 Å². The molecular formula is C33H39N5O3. The number of nitrogens with zero attached hydrogens (tertiary/aromatic N) is 3. The predicted octanol–water partition coefficient (Wildman–Crippen LogP) is 5.36. The third-order valence-corrected chi connectivity index (χ3v) is 8.30. The number of hydrogen-bond acceptors (Lipinski definition) is 4. The molecular weight excluding hydrogens is 514 g/mol. The first-order valence-corrected chi connectivity index (χ1v) is 14.4. The van der Waals surface area contributed by atoms with Gasteiger partial charge in [0, 0.05) is 24.5 Å². The molecule has 1 unspecified atom stereocenters. The molecule has 2 fully saturated rings. The van der Waals surface area contributed by atoms with Gasteiger partial charge in [0.05, 0.1) is 12.7 Å². The number of urea groups is 1. The molecule has 1 atom stereocenters. The number of carbonyl (C=O) groups excluding carboxylic acids is 3. The molecule has 0 aromatic heterocycles. The maximum atomic E-state index is 14.0. The van der Waals surface area contributed by atoms with Crippen LogP contribution in [-0.2, 0) is 9.59 Å². The minimum atomic E-state index is -0.803. The Morgan fingerprint density at radius 2 is 1.44 bits per heavy atom. The average Bonchev–Trinajstić information content (AvgIpc) is 3.24. The van der Waals surface area contributed by atoms with Crippen LogP contribution in [0, 0.1) is 0 Å². The highest BCUT2D eigenvalue weighted by Crippen LogP contribution is 2.39. The van der Waals surface area contributed by atoms with Crippen LogP contribution < -0.4 is 15.5 Å². The summed E-state index contributed by atoms with van der Waals surface area (Å²) in [5.41, 5.74) is 3.12. The summed E-state index contributed by atoms with van der Waals surface area (Å²) in [5.74, 6) is 0.167. The summed E-state index contributed by atoms with van der Waals surface area (Å²) in [6, 6.07) is 27.2. The van der Waals surface area contributed by atoms with E-state index in [0.717, 1.165) is 16.9 Å². The van der Waals surface area contributed by atoms with Gasteiger partial charge in [-0.15, -0.1) is 0 Å². The van der Waals surface area contributed by atoms with Crippen LogP contribution in [0.5, 0.6) is 0 Å². The van der Waals surface area contributed by atoms with Crippen LogP contribution in [0.2, 0.25) is 0 Å². The van der Waals surface area contributed by atoms with Crippen molar-refractivity contribution >= 4 is 29.2 Å². The zero-order valence-electron chi connectivity index (χ0n) is 24.0. The first-order chi connectivity index (χ1) is 19.8. The molecule has 41 heavy (non-hydrogen) atoms. The second-order valence-corrected chi connectivity index (χ2v) is 11.3. The van der Waals surface area contributed by atoms with E-state index in [0.29, 0.717) is 38.5 Å². The van der Waals surface area contributed by atoms with Gasteiger partial charge in [0.25, 0.3) is 5.91 Å². The number of rotatable bonds is 7. The fraction of sp³-hybridized carbons (Fsp3) is 0.364. The maximum Gasteiger partial charge on any atom is 0.321 e. The van der Waals surface area contributed by atoms with Crippen molar-refractivity contribution in [2.75, 3.05) is 36.5 Å². The van der Waals surface area contributed by atoms with Gasteiger partial charge in [0.2, 0.25) is 5.91 Å². The van der Waals surface area contributed by atoms with Crippen LogP contribution in [0.1, 0.15) is 56.7 Å². The molecule has 3 aromatic rings. The molecule has 0 bridgehead atoms. The van der Waals surface area contributed by atoms with Crippen molar-refractivity contribution < 1.29 is 14.4 Å². The Bertz CT molecular complexity index is 1350. The second-order valence-electron chi connectivity index (χ2n) is 11.3. The molecule has 2 aliphatic heterocycles. The lowest BCUT2D eigenvalue weighted by atomic mass is 9.85. The third-order valence-electron chi connectivity index (χ3n) is 8.30. The number of likely N-dealkylation sites (tertiary alicyclic amines) is 1. The normalized spacial score (nSPS) is 17.2. The van der Waals surface area contributed by atoms with Crippen molar-refractivity contribution in [1.82, 2.24) is 15.1 Å². The number of piperidine rings is 1. The van der Waals surface area contributed by atoms with E-state index in [2.05, 4.69) is 29.4 Å². The van der Waals surface area contributed by atoms with E-state index in [1.807, 2.05) is 91.9 Å². The van der Waals surface area contributed by atoms with E-state index >= 15 is 0 Å². The molecule has 2 saturated heterocycles.